The molecule has 6 fully saturated rings. The second-order valence-electron chi connectivity index (χ2n) is 14.9. The fourth-order valence-corrected chi connectivity index (χ4v) is 11.1. The molecule has 0 spiro atoms. The van der Waals surface area contributed by atoms with E-state index in [9.17, 15) is 9.59 Å². The molecule has 0 radical (unpaired) electrons. The second-order valence-corrected chi connectivity index (χ2v) is 14.9. The van der Waals surface area contributed by atoms with Crippen LogP contribution in [0.5, 0.6) is 0 Å². The molecule has 5 saturated carbocycles. The predicted octanol–water partition coefficient (Wildman–Crippen LogP) is 5.36. The van der Waals surface area contributed by atoms with Crippen LogP contribution in [0.15, 0.2) is 0 Å². The number of hydrogen-bond acceptors (Lipinski definition) is 5. The lowest BCUT2D eigenvalue weighted by Gasteiger charge is -2.71. The Morgan fingerprint density at radius 1 is 1.00 bits per heavy atom. The summed E-state index contributed by atoms with van der Waals surface area (Å²) in [4.78, 5) is 37.0. The second kappa shape index (κ2) is 7.21. The van der Waals surface area contributed by atoms with Gasteiger partial charge in [0.05, 0.1) is 7.11 Å². The Kier molecular flexibility index (Phi) is 5.01. The highest BCUT2D eigenvalue weighted by Gasteiger charge is 2.86. The van der Waals surface area contributed by atoms with E-state index in [1.807, 2.05) is 6.92 Å². The molecule has 1 aliphatic heterocycles. The van der Waals surface area contributed by atoms with Gasteiger partial charge in [-0.05, 0) is 78.9 Å². The third-order valence-electron chi connectivity index (χ3n) is 13.3. The molecule has 6 aliphatic rings. The Morgan fingerprint density at radius 3 is 2.36 bits per heavy atom. The van der Waals surface area contributed by atoms with Gasteiger partial charge in [-0.25, -0.2) is 6.57 Å². The molecule has 1 saturated heterocycles. The summed E-state index contributed by atoms with van der Waals surface area (Å²) in [5.74, 6) is 0.718. The molecule has 0 bridgehead atoms. The maximum absolute atomic E-state index is 14.4. The smallest absolute Gasteiger partial charge is 0.305 e. The number of epoxide rings is 1. The number of carbonyl (C=O) groups excluding carboxylic acids is 2. The highest BCUT2D eigenvalue weighted by atomic mass is 16.6. The van der Waals surface area contributed by atoms with Crippen molar-refractivity contribution in [2.45, 2.75) is 110 Å². The van der Waals surface area contributed by atoms with Crippen LogP contribution in [0.25, 0.3) is 4.85 Å². The molecule has 1 N–H and O–H groups in total. The summed E-state index contributed by atoms with van der Waals surface area (Å²) >= 11 is 0. The van der Waals surface area contributed by atoms with Crippen molar-refractivity contribution in [1.82, 2.24) is 5.48 Å². The Balaban J connectivity index is 1.44. The van der Waals surface area contributed by atoms with E-state index in [2.05, 4.69) is 44.9 Å². The molecule has 6 rings (SSSR count). The topological polar surface area (TPSA) is 72.3 Å². The third kappa shape index (κ3) is 2.68. The molecular formula is C30H44N2O4. The number of ether oxygens (including phenoxy) is 1. The highest BCUT2D eigenvalue weighted by molar-refractivity contribution is 5.95. The number of hydroxylamine groups is 1. The van der Waals surface area contributed by atoms with Crippen LogP contribution in [0.3, 0.4) is 0 Å². The Hall–Kier alpha value is -1.29. The van der Waals surface area contributed by atoms with Crippen LogP contribution in [0, 0.1) is 57.8 Å². The number of ketones is 2. The molecule has 0 aromatic carbocycles. The normalized spacial score (nSPS) is 56.8. The minimum Gasteiger partial charge on any atom is -0.305 e. The molecule has 0 aromatic heterocycles. The van der Waals surface area contributed by atoms with Crippen LogP contribution < -0.4 is 5.48 Å². The number of nitrogens with zero attached hydrogens (tertiary/aromatic N) is 1. The maximum Gasteiger partial charge on any atom is 0.424 e. The third-order valence-corrected chi connectivity index (χ3v) is 13.3. The van der Waals surface area contributed by atoms with Crippen LogP contribution >= 0.6 is 0 Å². The number of nitrogens with one attached hydrogen (secondary N) is 1. The molecule has 6 heteroatoms. The molecule has 11 atom stereocenters. The average Bonchev–Trinajstić information content (AvgIpc) is 3.58. The van der Waals surface area contributed by atoms with E-state index in [1.165, 1.54) is 0 Å². The first-order chi connectivity index (χ1) is 16.8. The molecule has 0 aromatic rings. The first kappa shape index (κ1) is 25.0. The Bertz CT molecular complexity index is 1070. The highest BCUT2D eigenvalue weighted by Crippen LogP contribution is 2.77. The lowest BCUT2D eigenvalue weighted by atomic mass is 9.32. The van der Waals surface area contributed by atoms with Gasteiger partial charge in [-0.3, -0.25) is 19.2 Å². The van der Waals surface area contributed by atoms with Crippen LogP contribution in [-0.4, -0.2) is 36.0 Å². The van der Waals surface area contributed by atoms with Gasteiger partial charge in [0.2, 0.25) is 0 Å². The minimum atomic E-state index is -1.30. The van der Waals surface area contributed by atoms with Crippen molar-refractivity contribution >= 4 is 11.6 Å². The zero-order chi connectivity index (χ0) is 26.1. The SMILES string of the molecule is [C-]#[N+][C@@]12O[C@@H]1[C@]1(C)[C@H]3CC(=O)[C@@H]4[C@@H]5CC(C)(C)CC[C@]5(NOC)CC[C@@]4(C)[C@]3(C)CC[C@H]1[C@H](C)C2=O. The maximum atomic E-state index is 14.4. The lowest BCUT2D eigenvalue weighted by Crippen LogP contribution is -2.72. The van der Waals surface area contributed by atoms with Crippen molar-refractivity contribution in [3.63, 3.8) is 0 Å². The first-order valence-corrected chi connectivity index (χ1v) is 14.2. The zero-order valence-electron chi connectivity index (χ0n) is 23.2. The summed E-state index contributed by atoms with van der Waals surface area (Å²) < 4.78 is 6.09. The minimum absolute atomic E-state index is 0.00302. The zero-order valence-corrected chi connectivity index (χ0v) is 23.2. The van der Waals surface area contributed by atoms with E-state index >= 15 is 0 Å². The summed E-state index contributed by atoms with van der Waals surface area (Å²) in [6.07, 6.45) is 7.41. The van der Waals surface area contributed by atoms with Gasteiger partial charge in [-0.15, -0.1) is 0 Å². The first-order valence-electron chi connectivity index (χ1n) is 14.2. The van der Waals surface area contributed by atoms with Gasteiger partial charge in [0.25, 0.3) is 5.78 Å². The molecule has 198 valence electrons. The largest absolute Gasteiger partial charge is 0.424 e. The lowest BCUT2D eigenvalue weighted by molar-refractivity contribution is -0.229. The van der Waals surface area contributed by atoms with Gasteiger partial charge in [-0.1, -0.05) is 41.5 Å². The summed E-state index contributed by atoms with van der Waals surface area (Å²) in [7, 11) is 1.71. The number of Topliss-reactive ketones (excluding diaryl/α,β-unsaturated/α-hetero) is 2. The number of rotatable bonds is 2. The predicted molar refractivity (Wildman–Crippen MR) is 135 cm³/mol. The van der Waals surface area contributed by atoms with Gasteiger partial charge in [0, 0.05) is 29.2 Å². The van der Waals surface area contributed by atoms with E-state index in [4.69, 9.17) is 16.1 Å². The van der Waals surface area contributed by atoms with E-state index < -0.39 is 5.72 Å². The van der Waals surface area contributed by atoms with Gasteiger partial charge >= 0.3 is 5.72 Å². The van der Waals surface area contributed by atoms with Crippen molar-refractivity contribution in [2.24, 2.45) is 51.2 Å². The van der Waals surface area contributed by atoms with Crippen molar-refractivity contribution in [3.05, 3.63) is 11.4 Å². The van der Waals surface area contributed by atoms with E-state index in [1.54, 1.807) is 7.11 Å². The number of carbonyl (C=O) groups is 2. The molecule has 6 nitrogen and oxygen atoms in total. The van der Waals surface area contributed by atoms with Gasteiger partial charge in [0.15, 0.2) is 6.10 Å². The van der Waals surface area contributed by atoms with Gasteiger partial charge in [-0.2, -0.15) is 5.48 Å². The number of fused-ring (bicyclic) bond motifs is 9. The fourth-order valence-electron chi connectivity index (χ4n) is 11.1. The molecule has 1 heterocycles. The standard InChI is InChI=1S/C30H44N2O4/c1-17-18-9-10-26(4)21(28(18,6)24-30(31-7,36-24)23(17)34)15-20(33)22-19-16-25(2,3)11-13-29(19,32-35-8)14-12-27(22,26)5/h17-19,21-22,24,32H,9-16H2,1-6,8H3/t17-,18-,19-,21-,22-,24+,26+,27+,28-,29-,30-/m0/s1. The van der Waals surface area contributed by atoms with Gasteiger partial charge < -0.3 is 4.84 Å². The van der Waals surface area contributed by atoms with Gasteiger partial charge in [0.1, 0.15) is 5.78 Å². The summed E-state index contributed by atoms with van der Waals surface area (Å²) in [6.45, 7) is 21.7. The molecular weight excluding hydrogens is 452 g/mol. The molecule has 0 unspecified atom stereocenters. The molecule has 36 heavy (non-hydrogen) atoms. The van der Waals surface area contributed by atoms with Crippen LogP contribution in [0.2, 0.25) is 0 Å². The van der Waals surface area contributed by atoms with Crippen molar-refractivity contribution < 1.29 is 19.2 Å². The van der Waals surface area contributed by atoms with Crippen LogP contribution in [0.4, 0.5) is 0 Å². The molecule has 0 amide bonds. The summed E-state index contributed by atoms with van der Waals surface area (Å²) in [5.41, 5.74) is 1.70. The van der Waals surface area contributed by atoms with Crippen LogP contribution in [-0.2, 0) is 19.2 Å². The van der Waals surface area contributed by atoms with Crippen molar-refractivity contribution in [2.75, 3.05) is 7.11 Å². The van der Waals surface area contributed by atoms with Crippen molar-refractivity contribution in [3.8, 4) is 0 Å². The number of hydrogen-bond donors (Lipinski definition) is 1. The molecule has 5 aliphatic carbocycles. The fraction of sp³-hybridized carbons (Fsp3) is 0.900. The quantitative estimate of drug-likeness (QED) is 0.316. The van der Waals surface area contributed by atoms with Crippen LogP contribution in [0.1, 0.15) is 92.9 Å². The van der Waals surface area contributed by atoms with E-state index in [-0.39, 0.29) is 68.7 Å². The van der Waals surface area contributed by atoms with E-state index in [0.717, 1.165) is 44.9 Å². The summed E-state index contributed by atoms with van der Waals surface area (Å²) in [5, 5.41) is 0. The Morgan fingerprint density at radius 2 is 1.69 bits per heavy atom. The average molecular weight is 497 g/mol. The monoisotopic (exact) mass is 496 g/mol. The Labute approximate surface area is 216 Å². The van der Waals surface area contributed by atoms with Crippen molar-refractivity contribution in [1.29, 1.82) is 0 Å². The van der Waals surface area contributed by atoms with E-state index in [0.29, 0.717) is 12.2 Å². The summed E-state index contributed by atoms with van der Waals surface area (Å²) in [6, 6.07) is 0.